The first kappa shape index (κ1) is 22.2. The molecule has 0 amide bonds. The molecule has 0 saturated carbocycles. The highest BCUT2D eigenvalue weighted by Crippen LogP contribution is 2.32. The molecule has 0 aliphatic carbocycles. The van der Waals surface area contributed by atoms with Crippen molar-refractivity contribution in [3.63, 3.8) is 0 Å². The zero-order valence-corrected chi connectivity index (χ0v) is 15.5. The number of ether oxygens (including phenoxy) is 1. The Hall–Kier alpha value is -2.50. The van der Waals surface area contributed by atoms with E-state index in [1.165, 1.54) is 10.9 Å². The highest BCUT2D eigenvalue weighted by Gasteiger charge is 2.44. The molecule has 2 aromatic rings. The van der Waals surface area contributed by atoms with Crippen LogP contribution in [-0.2, 0) is 4.74 Å². The largest absolute Gasteiger partial charge is 0.394 e. The zero-order chi connectivity index (χ0) is 22.0. The van der Waals surface area contributed by atoms with E-state index in [0.29, 0.717) is 0 Å². The van der Waals surface area contributed by atoms with Crippen LogP contribution in [0.15, 0.2) is 11.4 Å². The number of nitrogens with zero attached hydrogens (tertiary/aromatic N) is 5. The molecule has 15 nitrogen and oxygen atoms in total. The van der Waals surface area contributed by atoms with Gasteiger partial charge < -0.3 is 46.2 Å². The van der Waals surface area contributed by atoms with E-state index < -0.39 is 56.1 Å². The van der Waals surface area contributed by atoms with Crippen LogP contribution in [-0.4, -0.2) is 111 Å². The lowest BCUT2D eigenvalue weighted by Gasteiger charge is -2.18. The van der Waals surface area contributed by atoms with Gasteiger partial charge in [-0.05, 0) is 0 Å². The summed E-state index contributed by atoms with van der Waals surface area (Å²) in [6, 6.07) is 0. The fourth-order valence-electron chi connectivity index (χ4n) is 2.88. The Balaban J connectivity index is 1.81. The highest BCUT2D eigenvalue weighted by atomic mass is 16.6. The van der Waals surface area contributed by atoms with Crippen molar-refractivity contribution in [1.29, 1.82) is 0 Å². The zero-order valence-electron chi connectivity index (χ0n) is 15.5. The van der Waals surface area contributed by atoms with Crippen molar-refractivity contribution in [2.45, 2.75) is 42.9 Å². The van der Waals surface area contributed by atoms with Crippen molar-refractivity contribution in [3.05, 3.63) is 6.33 Å². The molecule has 3 rings (SSSR count). The second-order valence-electron chi connectivity index (χ2n) is 6.61. The molecule has 1 aliphatic heterocycles. The second-order valence-corrected chi connectivity index (χ2v) is 6.61. The monoisotopic (exact) mass is 429 g/mol. The van der Waals surface area contributed by atoms with Gasteiger partial charge >= 0.3 is 0 Å². The van der Waals surface area contributed by atoms with Gasteiger partial charge in [-0.15, -0.1) is 0 Å². The number of aromatic nitrogens is 4. The molecule has 30 heavy (non-hydrogen) atoms. The number of nitrogens with two attached hydrogens (primary N) is 1. The summed E-state index contributed by atoms with van der Waals surface area (Å²) < 4.78 is 6.76. The van der Waals surface area contributed by atoms with Gasteiger partial charge in [0.2, 0.25) is 5.95 Å². The smallest absolute Gasteiger partial charge is 0.247 e. The van der Waals surface area contributed by atoms with Crippen LogP contribution in [0.4, 0.5) is 11.8 Å². The van der Waals surface area contributed by atoms with Gasteiger partial charge in [-0.3, -0.25) is 4.57 Å². The number of imidazole rings is 1. The first-order valence-electron chi connectivity index (χ1n) is 8.85. The lowest BCUT2D eigenvalue weighted by Crippen LogP contribution is -2.40. The van der Waals surface area contributed by atoms with E-state index in [4.69, 9.17) is 15.6 Å². The van der Waals surface area contributed by atoms with Crippen LogP contribution in [0.25, 0.3) is 11.2 Å². The Bertz CT molecular complexity index is 895. The van der Waals surface area contributed by atoms with E-state index in [2.05, 4.69) is 25.5 Å². The number of hydrazone groups is 1. The summed E-state index contributed by atoms with van der Waals surface area (Å²) in [6.45, 7) is -1.25. The molecule has 2 aromatic heterocycles. The summed E-state index contributed by atoms with van der Waals surface area (Å²) in [5.74, 6) is -0.173. The van der Waals surface area contributed by atoms with Crippen LogP contribution in [0.3, 0.4) is 0 Å². The number of aliphatic hydroxyl groups is 7. The molecule has 7 atom stereocenters. The summed E-state index contributed by atoms with van der Waals surface area (Å²) >= 11 is 0. The van der Waals surface area contributed by atoms with Gasteiger partial charge in [-0.1, -0.05) is 0 Å². The molecular formula is C15H23N7O8. The Morgan fingerprint density at radius 1 is 1.23 bits per heavy atom. The minimum Gasteiger partial charge on any atom is -0.394 e. The molecular weight excluding hydrogens is 406 g/mol. The summed E-state index contributed by atoms with van der Waals surface area (Å²) in [5, 5.41) is 70.4. The van der Waals surface area contributed by atoms with Crippen molar-refractivity contribution in [2.24, 2.45) is 5.10 Å². The SMILES string of the molecule is Nc1nc(N/N=C/[C@@H](O)[C@@H](O)[C@@H](O)CO)nc2c1ncn2[C@@H]1O[C@H](CO)[C@@H](O)[C@H]1O. The molecule has 1 saturated heterocycles. The van der Waals surface area contributed by atoms with Crippen LogP contribution in [0, 0.1) is 0 Å². The van der Waals surface area contributed by atoms with E-state index >= 15 is 0 Å². The normalized spacial score (nSPS) is 27.6. The summed E-state index contributed by atoms with van der Waals surface area (Å²) in [4.78, 5) is 12.2. The first-order valence-corrected chi connectivity index (χ1v) is 8.85. The molecule has 0 bridgehead atoms. The minimum absolute atomic E-state index is 0.0421. The first-order chi connectivity index (χ1) is 14.3. The molecule has 166 valence electrons. The standard InChI is InChI=1S/C15H23N7O8/c16-12-8-13(22(4-17-8)14-11(29)10(28)7(3-24)30-14)20-15(19-12)21-18-1-5(25)9(27)6(26)2-23/h1,4-7,9-11,14,23-29H,2-3H2,(H3,16,19,20,21)/b18-1+/t5-,6+,7-,9-,10-,11-,14-/m1/s1. The third-order valence-electron chi connectivity index (χ3n) is 4.56. The van der Waals surface area contributed by atoms with Crippen molar-refractivity contribution >= 4 is 29.1 Å². The summed E-state index contributed by atoms with van der Waals surface area (Å²) in [6.07, 6.45) is -7.44. The van der Waals surface area contributed by atoms with Crippen LogP contribution in [0.1, 0.15) is 6.23 Å². The number of anilines is 2. The van der Waals surface area contributed by atoms with Gasteiger partial charge in [0.1, 0.15) is 42.1 Å². The van der Waals surface area contributed by atoms with Gasteiger partial charge in [0.05, 0.1) is 25.8 Å². The molecule has 0 spiro atoms. The predicted octanol–water partition coefficient (Wildman–Crippen LogP) is -4.51. The van der Waals surface area contributed by atoms with Crippen molar-refractivity contribution in [1.82, 2.24) is 19.5 Å². The molecule has 3 heterocycles. The minimum atomic E-state index is -1.66. The number of fused-ring (bicyclic) bond motifs is 1. The average Bonchev–Trinajstić information content (AvgIpc) is 3.28. The topological polar surface area (TPSA) is 245 Å². The third-order valence-corrected chi connectivity index (χ3v) is 4.56. The highest BCUT2D eigenvalue weighted by molar-refractivity contribution is 5.83. The van der Waals surface area contributed by atoms with Crippen molar-refractivity contribution < 1.29 is 40.5 Å². The fourth-order valence-corrected chi connectivity index (χ4v) is 2.88. The van der Waals surface area contributed by atoms with E-state index in [-0.39, 0.29) is 22.9 Å². The van der Waals surface area contributed by atoms with Gasteiger partial charge in [0, 0.05) is 0 Å². The van der Waals surface area contributed by atoms with Gasteiger partial charge in [-0.2, -0.15) is 15.1 Å². The fraction of sp³-hybridized carbons (Fsp3) is 0.600. The molecule has 1 fully saturated rings. The number of nitrogens with one attached hydrogen (secondary N) is 1. The number of nitrogen functional groups attached to an aromatic ring is 1. The maximum absolute atomic E-state index is 10.2. The van der Waals surface area contributed by atoms with E-state index in [1.807, 2.05) is 0 Å². The molecule has 0 aromatic carbocycles. The van der Waals surface area contributed by atoms with Gasteiger partial charge in [0.15, 0.2) is 17.7 Å². The molecule has 0 radical (unpaired) electrons. The van der Waals surface area contributed by atoms with E-state index in [9.17, 15) is 30.6 Å². The Kier molecular flexibility index (Phi) is 6.74. The lowest BCUT2D eigenvalue weighted by molar-refractivity contribution is -0.0541. The lowest BCUT2D eigenvalue weighted by atomic mass is 10.1. The Labute approximate surface area is 168 Å². The van der Waals surface area contributed by atoms with Gasteiger partial charge in [-0.25, -0.2) is 10.4 Å². The number of hydrogen-bond acceptors (Lipinski definition) is 14. The molecule has 10 N–H and O–H groups in total. The summed E-state index contributed by atoms with van der Waals surface area (Å²) in [5.41, 5.74) is 8.56. The second kappa shape index (κ2) is 9.11. The molecule has 0 unspecified atom stereocenters. The van der Waals surface area contributed by atoms with Crippen LogP contribution >= 0.6 is 0 Å². The van der Waals surface area contributed by atoms with Crippen LogP contribution < -0.4 is 11.2 Å². The molecule has 15 heteroatoms. The van der Waals surface area contributed by atoms with Crippen molar-refractivity contribution in [3.8, 4) is 0 Å². The Morgan fingerprint density at radius 3 is 2.60 bits per heavy atom. The van der Waals surface area contributed by atoms with E-state index in [0.717, 1.165) is 6.21 Å². The summed E-state index contributed by atoms with van der Waals surface area (Å²) in [7, 11) is 0. The Morgan fingerprint density at radius 2 is 1.97 bits per heavy atom. The van der Waals surface area contributed by atoms with E-state index in [1.54, 1.807) is 0 Å². The maximum atomic E-state index is 10.2. The van der Waals surface area contributed by atoms with Crippen LogP contribution in [0.5, 0.6) is 0 Å². The third kappa shape index (κ3) is 4.18. The van der Waals surface area contributed by atoms with Gasteiger partial charge in [0.25, 0.3) is 0 Å². The van der Waals surface area contributed by atoms with Crippen molar-refractivity contribution in [2.75, 3.05) is 24.4 Å². The van der Waals surface area contributed by atoms with Crippen LogP contribution in [0.2, 0.25) is 0 Å². The quantitative estimate of drug-likeness (QED) is 0.142. The average molecular weight is 429 g/mol. The molecule has 1 aliphatic rings. The number of hydrogen-bond donors (Lipinski definition) is 9. The predicted molar refractivity (Wildman–Crippen MR) is 100.0 cm³/mol. The number of rotatable bonds is 8. The number of aliphatic hydroxyl groups excluding tert-OH is 7. The maximum Gasteiger partial charge on any atom is 0.247 e.